The van der Waals surface area contributed by atoms with Crippen molar-refractivity contribution in [2.75, 3.05) is 11.9 Å². The van der Waals surface area contributed by atoms with E-state index < -0.39 is 11.7 Å². The van der Waals surface area contributed by atoms with E-state index in [1.165, 1.54) is 12.1 Å². The first-order valence-electron chi connectivity index (χ1n) is 14.0. The summed E-state index contributed by atoms with van der Waals surface area (Å²) in [6, 6.07) is 27.4. The Hall–Kier alpha value is -4.85. The summed E-state index contributed by atoms with van der Waals surface area (Å²) in [5, 5.41) is 2.88. The lowest BCUT2D eigenvalue weighted by atomic mass is 9.96. The molecule has 0 radical (unpaired) electrons. The number of amides is 1. The predicted molar refractivity (Wildman–Crippen MR) is 163 cm³/mol. The first-order valence-corrected chi connectivity index (χ1v) is 14.0. The number of carbonyl (C=O) groups excluding carboxylic acids is 1. The number of anilines is 1. The van der Waals surface area contributed by atoms with Gasteiger partial charge < -0.3 is 14.6 Å². The van der Waals surface area contributed by atoms with Crippen LogP contribution in [0.5, 0.6) is 5.75 Å². The van der Waals surface area contributed by atoms with E-state index in [9.17, 15) is 18.0 Å². The molecule has 220 valence electrons. The van der Waals surface area contributed by atoms with Crippen molar-refractivity contribution in [2.45, 2.75) is 39.8 Å². The lowest BCUT2D eigenvalue weighted by Gasteiger charge is -2.13. The van der Waals surface area contributed by atoms with Crippen molar-refractivity contribution in [1.82, 2.24) is 9.55 Å². The zero-order valence-electron chi connectivity index (χ0n) is 24.2. The van der Waals surface area contributed by atoms with Crippen molar-refractivity contribution in [1.29, 1.82) is 0 Å². The summed E-state index contributed by atoms with van der Waals surface area (Å²) in [6.45, 7) is 6.51. The number of hydrogen-bond acceptors (Lipinski definition) is 3. The standard InChI is InChI=1S/C35H32F3N3O2/c1-23-9-20-31(32(22-23)26-12-14-27(15-13-26)35(36,37)38)34(42)40-29-16-18-30(19-17-29)43-21-5-7-28-6-4-8-33(39-28)41-24(2)10-11-25(41)3/h4,6,8-20,22H,5,7,21H2,1-3H3,(H,40,42). The second-order valence-electron chi connectivity index (χ2n) is 10.5. The molecule has 0 saturated carbocycles. The maximum absolute atomic E-state index is 13.2. The van der Waals surface area contributed by atoms with Crippen LogP contribution in [0, 0.1) is 20.8 Å². The minimum atomic E-state index is -4.42. The fourth-order valence-electron chi connectivity index (χ4n) is 4.97. The van der Waals surface area contributed by atoms with Crippen LogP contribution < -0.4 is 10.1 Å². The van der Waals surface area contributed by atoms with Crippen molar-refractivity contribution >= 4 is 11.6 Å². The Labute approximate surface area is 249 Å². The Morgan fingerprint density at radius 3 is 2.23 bits per heavy atom. The number of rotatable bonds is 9. The SMILES string of the molecule is Cc1ccc(C(=O)Nc2ccc(OCCCc3cccc(-n4c(C)ccc4C)n3)cc2)c(-c2ccc(C(F)(F)F)cc2)c1. The third-order valence-corrected chi connectivity index (χ3v) is 7.19. The number of nitrogens with one attached hydrogen (secondary N) is 1. The molecular formula is C35H32F3N3O2. The lowest BCUT2D eigenvalue weighted by Crippen LogP contribution is -2.13. The van der Waals surface area contributed by atoms with Crippen LogP contribution in [0.1, 0.15) is 45.0 Å². The number of nitrogens with zero attached hydrogens (tertiary/aromatic N) is 2. The molecule has 5 aromatic rings. The van der Waals surface area contributed by atoms with Gasteiger partial charge in [-0.1, -0.05) is 35.9 Å². The third-order valence-electron chi connectivity index (χ3n) is 7.19. The van der Waals surface area contributed by atoms with Gasteiger partial charge in [0.2, 0.25) is 0 Å². The summed E-state index contributed by atoms with van der Waals surface area (Å²) in [5.41, 5.74) is 5.47. The number of aromatic nitrogens is 2. The normalized spacial score (nSPS) is 11.4. The second kappa shape index (κ2) is 12.6. The summed E-state index contributed by atoms with van der Waals surface area (Å²) in [7, 11) is 0. The number of pyridine rings is 1. The average molecular weight is 584 g/mol. The third kappa shape index (κ3) is 7.15. The molecule has 1 amide bonds. The molecule has 0 aliphatic carbocycles. The highest BCUT2D eigenvalue weighted by atomic mass is 19.4. The van der Waals surface area contributed by atoms with Gasteiger partial charge in [-0.3, -0.25) is 4.79 Å². The minimum absolute atomic E-state index is 0.358. The van der Waals surface area contributed by atoms with E-state index in [2.05, 4.69) is 35.9 Å². The smallest absolute Gasteiger partial charge is 0.416 e. The molecule has 2 heterocycles. The van der Waals surface area contributed by atoms with Crippen LogP contribution in [-0.4, -0.2) is 22.1 Å². The molecule has 0 atom stereocenters. The molecule has 0 fully saturated rings. The first-order chi connectivity index (χ1) is 20.6. The Bertz CT molecular complexity index is 1700. The van der Waals surface area contributed by atoms with E-state index in [1.807, 2.05) is 25.1 Å². The Kier molecular flexibility index (Phi) is 8.66. The molecular weight excluding hydrogens is 551 g/mol. The lowest BCUT2D eigenvalue weighted by molar-refractivity contribution is -0.137. The van der Waals surface area contributed by atoms with Crippen LogP contribution in [0.25, 0.3) is 16.9 Å². The van der Waals surface area contributed by atoms with Gasteiger partial charge in [0.15, 0.2) is 0 Å². The number of aryl methyl sites for hydroxylation is 4. The second-order valence-corrected chi connectivity index (χ2v) is 10.5. The van der Waals surface area contributed by atoms with E-state index in [4.69, 9.17) is 9.72 Å². The molecule has 0 saturated heterocycles. The number of halogens is 3. The van der Waals surface area contributed by atoms with Crippen LogP contribution in [0.2, 0.25) is 0 Å². The van der Waals surface area contributed by atoms with E-state index in [0.29, 0.717) is 34.7 Å². The van der Waals surface area contributed by atoms with Gasteiger partial charge in [0.25, 0.3) is 5.91 Å². The summed E-state index contributed by atoms with van der Waals surface area (Å²) in [6.07, 6.45) is -2.86. The van der Waals surface area contributed by atoms with Gasteiger partial charge in [0.05, 0.1) is 12.2 Å². The van der Waals surface area contributed by atoms with Gasteiger partial charge in [-0.25, -0.2) is 4.98 Å². The number of carbonyl (C=O) groups is 1. The maximum Gasteiger partial charge on any atom is 0.416 e. The van der Waals surface area contributed by atoms with Crippen LogP contribution >= 0.6 is 0 Å². The number of hydrogen-bond donors (Lipinski definition) is 1. The van der Waals surface area contributed by atoms with Crippen LogP contribution in [0.4, 0.5) is 18.9 Å². The first kappa shape index (κ1) is 29.6. The molecule has 0 aliphatic heterocycles. The summed E-state index contributed by atoms with van der Waals surface area (Å²) in [4.78, 5) is 18.0. The number of alkyl halides is 3. The molecule has 0 bridgehead atoms. The largest absolute Gasteiger partial charge is 0.494 e. The highest BCUT2D eigenvalue weighted by Gasteiger charge is 2.30. The molecule has 0 spiro atoms. The zero-order chi connectivity index (χ0) is 30.6. The van der Waals surface area contributed by atoms with Crippen molar-refractivity contribution in [2.24, 2.45) is 0 Å². The molecule has 3 aromatic carbocycles. The molecule has 1 N–H and O–H groups in total. The maximum atomic E-state index is 13.2. The van der Waals surface area contributed by atoms with Gasteiger partial charge in [-0.15, -0.1) is 0 Å². The van der Waals surface area contributed by atoms with Gasteiger partial charge in [0.1, 0.15) is 11.6 Å². The number of benzene rings is 3. The fourth-order valence-corrected chi connectivity index (χ4v) is 4.97. The monoisotopic (exact) mass is 583 g/mol. The van der Waals surface area contributed by atoms with Crippen molar-refractivity contribution in [3.8, 4) is 22.7 Å². The summed E-state index contributed by atoms with van der Waals surface area (Å²) < 4.78 is 47.1. The van der Waals surface area contributed by atoms with Crippen LogP contribution in [0.3, 0.4) is 0 Å². The van der Waals surface area contributed by atoms with Crippen molar-refractivity contribution < 1.29 is 22.7 Å². The van der Waals surface area contributed by atoms with Gasteiger partial charge in [-0.2, -0.15) is 13.2 Å². The predicted octanol–water partition coefficient (Wildman–Crippen LogP) is 8.75. The number of ether oxygens (including phenoxy) is 1. The summed E-state index contributed by atoms with van der Waals surface area (Å²) in [5.74, 6) is 1.23. The molecule has 2 aromatic heterocycles. The molecule has 0 aliphatic rings. The molecule has 5 nitrogen and oxygen atoms in total. The van der Waals surface area contributed by atoms with Crippen molar-refractivity contribution in [3.63, 3.8) is 0 Å². The average Bonchev–Trinajstić information content (AvgIpc) is 3.33. The van der Waals surface area contributed by atoms with Crippen LogP contribution in [0.15, 0.2) is 97.1 Å². The van der Waals surface area contributed by atoms with Gasteiger partial charge in [0, 0.05) is 28.3 Å². The highest BCUT2D eigenvalue weighted by Crippen LogP contribution is 2.32. The highest BCUT2D eigenvalue weighted by molar-refractivity contribution is 6.08. The molecule has 43 heavy (non-hydrogen) atoms. The van der Waals surface area contributed by atoms with Gasteiger partial charge >= 0.3 is 6.18 Å². The van der Waals surface area contributed by atoms with E-state index in [0.717, 1.165) is 53.4 Å². The van der Waals surface area contributed by atoms with Gasteiger partial charge in [-0.05, 0) is 111 Å². The Morgan fingerprint density at radius 2 is 1.56 bits per heavy atom. The minimum Gasteiger partial charge on any atom is -0.494 e. The van der Waals surface area contributed by atoms with Crippen LogP contribution in [-0.2, 0) is 12.6 Å². The van der Waals surface area contributed by atoms with E-state index in [1.54, 1.807) is 42.5 Å². The Morgan fingerprint density at radius 1 is 0.860 bits per heavy atom. The Balaban J connectivity index is 1.17. The summed E-state index contributed by atoms with van der Waals surface area (Å²) >= 11 is 0. The molecule has 5 rings (SSSR count). The topological polar surface area (TPSA) is 56.1 Å². The van der Waals surface area contributed by atoms with E-state index >= 15 is 0 Å². The van der Waals surface area contributed by atoms with E-state index in [-0.39, 0.29) is 5.91 Å². The fraction of sp³-hybridized carbons (Fsp3) is 0.200. The molecule has 8 heteroatoms. The van der Waals surface area contributed by atoms with Crippen molar-refractivity contribution in [3.05, 3.63) is 131 Å². The zero-order valence-corrected chi connectivity index (χ0v) is 24.2. The molecule has 0 unspecified atom stereocenters. The quantitative estimate of drug-likeness (QED) is 0.177.